The van der Waals surface area contributed by atoms with E-state index in [0.29, 0.717) is 61.5 Å². The number of imidazole rings is 1. The number of halogens is 2. The Morgan fingerprint density at radius 3 is 2.44 bits per heavy atom. The Balaban J connectivity index is 1.15. The number of ether oxygens (including phenoxy) is 1. The summed E-state index contributed by atoms with van der Waals surface area (Å²) in [6.45, 7) is 5.18. The third-order valence-corrected chi connectivity index (χ3v) is 11.8. The summed E-state index contributed by atoms with van der Waals surface area (Å²) in [7, 11) is -4.19. The number of hydrogen-bond donors (Lipinski definition) is 1. The number of fused-ring (bicyclic) bond motifs is 1. The molecule has 2 amide bonds. The van der Waals surface area contributed by atoms with Crippen molar-refractivity contribution in [2.75, 3.05) is 32.7 Å². The van der Waals surface area contributed by atoms with E-state index in [2.05, 4.69) is 10.1 Å². The van der Waals surface area contributed by atoms with E-state index in [1.165, 1.54) is 22.7 Å². The van der Waals surface area contributed by atoms with Crippen LogP contribution in [0.5, 0.6) is 5.75 Å². The number of pyridine rings is 1. The molecule has 4 aromatic rings. The lowest BCUT2D eigenvalue weighted by Gasteiger charge is -2.37. The Hall–Kier alpha value is -4.17. The number of aromatic nitrogens is 2. The average Bonchev–Trinajstić information content (AvgIpc) is 3.70. The molecule has 2 N–H and O–H groups in total. The number of hydrogen-bond acceptors (Lipinski definition) is 8. The highest BCUT2D eigenvalue weighted by atomic mass is 35.5. The quantitative estimate of drug-likeness (QED) is 0.163. The number of rotatable bonds is 8. The molecule has 2 aliphatic heterocycles. The molecule has 2 aliphatic rings. The number of carbonyl (C=O) groups is 2. The van der Waals surface area contributed by atoms with Gasteiger partial charge in [-0.3, -0.25) is 9.59 Å². The molecule has 12 nitrogen and oxygen atoms in total. The van der Waals surface area contributed by atoms with Crippen molar-refractivity contribution >= 4 is 56.9 Å². The lowest BCUT2D eigenvalue weighted by molar-refractivity contribution is -0.136. The minimum absolute atomic E-state index is 0.0567. The standard InChI is InChI=1S/C33H35Cl2N7O5S/c1-21-22(2)41-13-4-6-28(31(41)38-21)47-20-25-26(34)11-12-29(30(25)35)48(45,46)42-14-3-5-27(42)33(44)40-17-15-39(16-18-40)32(43)24-9-7-23(8-10-24)19-37-36/h4,6-13,19,27H,3,5,14-18,20,36H2,1-2H3/t27-/m0/s1. The number of amides is 2. The smallest absolute Gasteiger partial charge is 0.253 e. The van der Waals surface area contributed by atoms with Crippen LogP contribution in [0.1, 0.15) is 45.7 Å². The van der Waals surface area contributed by atoms with Crippen LogP contribution in [0.25, 0.3) is 5.65 Å². The van der Waals surface area contributed by atoms with Gasteiger partial charge in [0.2, 0.25) is 15.9 Å². The zero-order chi connectivity index (χ0) is 34.2. The van der Waals surface area contributed by atoms with Gasteiger partial charge in [0, 0.05) is 60.8 Å². The van der Waals surface area contributed by atoms with Crippen molar-refractivity contribution in [1.82, 2.24) is 23.5 Å². The van der Waals surface area contributed by atoms with Crippen molar-refractivity contribution in [2.24, 2.45) is 10.9 Å². The van der Waals surface area contributed by atoms with E-state index in [9.17, 15) is 18.0 Å². The third kappa shape index (κ3) is 6.35. The highest BCUT2D eigenvalue weighted by Gasteiger charge is 2.43. The Kier molecular flexibility index (Phi) is 9.66. The molecule has 15 heteroatoms. The van der Waals surface area contributed by atoms with Crippen LogP contribution in [-0.4, -0.2) is 88.7 Å². The molecule has 2 aromatic carbocycles. The molecule has 2 saturated heterocycles. The summed E-state index contributed by atoms with van der Waals surface area (Å²) in [5.74, 6) is 5.25. The fourth-order valence-corrected chi connectivity index (χ4v) is 8.68. The number of nitrogens with zero attached hydrogens (tertiary/aromatic N) is 6. The van der Waals surface area contributed by atoms with Crippen molar-refractivity contribution in [1.29, 1.82) is 0 Å². The second-order valence-electron chi connectivity index (χ2n) is 11.8. The van der Waals surface area contributed by atoms with Crippen molar-refractivity contribution in [3.8, 4) is 5.75 Å². The molecule has 0 aliphatic carbocycles. The maximum absolute atomic E-state index is 14.1. The first-order valence-corrected chi connectivity index (χ1v) is 17.7. The normalized spacial score (nSPS) is 17.5. The minimum atomic E-state index is -4.19. The highest BCUT2D eigenvalue weighted by molar-refractivity contribution is 7.89. The minimum Gasteiger partial charge on any atom is -0.485 e. The predicted octanol–water partition coefficient (Wildman–Crippen LogP) is 4.27. The van der Waals surface area contributed by atoms with Crippen LogP contribution in [0.2, 0.25) is 10.0 Å². The second kappa shape index (κ2) is 13.7. The summed E-state index contributed by atoms with van der Waals surface area (Å²) < 4.78 is 37.4. The van der Waals surface area contributed by atoms with Crippen LogP contribution in [0.15, 0.2) is 64.7 Å². The zero-order valence-electron chi connectivity index (χ0n) is 26.5. The summed E-state index contributed by atoms with van der Waals surface area (Å²) in [6.07, 6.45) is 4.28. The van der Waals surface area contributed by atoms with E-state index < -0.39 is 16.1 Å². The average molecular weight is 713 g/mol. The van der Waals surface area contributed by atoms with Crippen molar-refractivity contribution in [3.05, 3.63) is 92.9 Å². The second-order valence-corrected chi connectivity index (χ2v) is 14.4. The Bertz CT molecular complexity index is 2010. The first kappa shape index (κ1) is 33.7. The van der Waals surface area contributed by atoms with Crippen LogP contribution >= 0.6 is 23.2 Å². The molecule has 6 rings (SSSR count). The summed E-state index contributed by atoms with van der Waals surface area (Å²) in [6, 6.07) is 12.5. The Morgan fingerprint density at radius 1 is 1.02 bits per heavy atom. The van der Waals surface area contributed by atoms with Gasteiger partial charge in [-0.1, -0.05) is 35.3 Å². The molecule has 0 unspecified atom stereocenters. The number of aryl methyl sites for hydroxylation is 2. The monoisotopic (exact) mass is 711 g/mol. The highest BCUT2D eigenvalue weighted by Crippen LogP contribution is 2.36. The van der Waals surface area contributed by atoms with Gasteiger partial charge in [-0.15, -0.1) is 0 Å². The fourth-order valence-electron chi connectivity index (χ4n) is 6.17. The van der Waals surface area contributed by atoms with Gasteiger partial charge in [0.1, 0.15) is 17.5 Å². The van der Waals surface area contributed by atoms with Gasteiger partial charge in [-0.05, 0) is 68.7 Å². The largest absolute Gasteiger partial charge is 0.485 e. The Labute approximate surface area is 288 Å². The summed E-state index contributed by atoms with van der Waals surface area (Å²) in [5.41, 5.74) is 4.07. The van der Waals surface area contributed by atoms with Gasteiger partial charge in [0.05, 0.1) is 16.9 Å². The molecule has 0 spiro atoms. The number of hydrazone groups is 1. The topological polar surface area (TPSA) is 143 Å². The van der Waals surface area contributed by atoms with E-state index in [1.807, 2.05) is 30.5 Å². The van der Waals surface area contributed by atoms with E-state index in [1.54, 1.807) is 40.1 Å². The number of carbonyl (C=O) groups excluding carboxylic acids is 2. The van der Waals surface area contributed by atoms with Gasteiger partial charge in [0.25, 0.3) is 5.91 Å². The van der Waals surface area contributed by atoms with Crippen LogP contribution in [0.3, 0.4) is 0 Å². The molecular weight excluding hydrogens is 677 g/mol. The lowest BCUT2D eigenvalue weighted by atomic mass is 10.1. The predicted molar refractivity (Wildman–Crippen MR) is 183 cm³/mol. The molecule has 0 saturated carbocycles. The van der Waals surface area contributed by atoms with Crippen LogP contribution in [-0.2, 0) is 21.4 Å². The summed E-state index contributed by atoms with van der Waals surface area (Å²) in [5, 5.41) is 3.68. The third-order valence-electron chi connectivity index (χ3n) is 8.95. The molecule has 0 bridgehead atoms. The van der Waals surface area contributed by atoms with Gasteiger partial charge in [0.15, 0.2) is 11.4 Å². The lowest BCUT2D eigenvalue weighted by Crippen LogP contribution is -2.55. The molecule has 0 radical (unpaired) electrons. The van der Waals surface area contributed by atoms with Gasteiger partial charge < -0.3 is 24.8 Å². The van der Waals surface area contributed by atoms with Gasteiger partial charge in [-0.25, -0.2) is 13.4 Å². The van der Waals surface area contributed by atoms with Crippen molar-refractivity contribution in [2.45, 2.75) is 44.2 Å². The van der Waals surface area contributed by atoms with Crippen molar-refractivity contribution < 1.29 is 22.7 Å². The summed E-state index contributed by atoms with van der Waals surface area (Å²) >= 11 is 13.3. The number of nitrogens with two attached hydrogens (primary N) is 1. The van der Waals surface area contributed by atoms with Gasteiger partial charge >= 0.3 is 0 Å². The SMILES string of the molecule is Cc1nc2c(OCc3c(Cl)ccc(S(=O)(=O)N4CCC[C@H]4C(=O)N4CCN(C(=O)c5ccc(C=NN)cc5)CC4)c3Cl)cccn2c1C. The number of piperazine rings is 1. The Morgan fingerprint density at radius 2 is 1.73 bits per heavy atom. The molecule has 252 valence electrons. The van der Waals surface area contributed by atoms with E-state index in [4.69, 9.17) is 33.8 Å². The number of benzene rings is 2. The maximum atomic E-state index is 14.1. The fraction of sp³-hybridized carbons (Fsp3) is 0.333. The molecule has 1 atom stereocenters. The molecule has 48 heavy (non-hydrogen) atoms. The first-order valence-electron chi connectivity index (χ1n) is 15.5. The van der Waals surface area contributed by atoms with E-state index >= 15 is 0 Å². The van der Waals surface area contributed by atoms with Gasteiger partial charge in [-0.2, -0.15) is 9.41 Å². The molecule has 2 fully saturated rings. The van der Waals surface area contributed by atoms with Crippen molar-refractivity contribution in [3.63, 3.8) is 0 Å². The van der Waals surface area contributed by atoms with Crippen LogP contribution in [0, 0.1) is 13.8 Å². The van der Waals surface area contributed by atoms with Crippen LogP contribution in [0.4, 0.5) is 0 Å². The molecular formula is C33H35Cl2N7O5S. The van der Waals surface area contributed by atoms with E-state index in [-0.39, 0.29) is 39.9 Å². The molecule has 2 aromatic heterocycles. The number of sulfonamides is 1. The zero-order valence-corrected chi connectivity index (χ0v) is 28.8. The first-order chi connectivity index (χ1) is 23.0. The van der Waals surface area contributed by atoms with Crippen LogP contribution < -0.4 is 10.6 Å². The maximum Gasteiger partial charge on any atom is 0.253 e. The van der Waals surface area contributed by atoms with E-state index in [0.717, 1.165) is 17.0 Å². The molecule has 4 heterocycles. The summed E-state index contributed by atoms with van der Waals surface area (Å²) in [4.78, 5) is 34.6.